The highest BCUT2D eigenvalue weighted by molar-refractivity contribution is 7.13. The van der Waals surface area contributed by atoms with E-state index >= 15 is 0 Å². The van der Waals surface area contributed by atoms with Crippen LogP contribution in [-0.4, -0.2) is 25.2 Å². The number of halogens is 5. The van der Waals surface area contributed by atoms with Crippen LogP contribution in [0.1, 0.15) is 16.3 Å². The van der Waals surface area contributed by atoms with Crippen LogP contribution in [0.2, 0.25) is 0 Å². The maximum Gasteiger partial charge on any atom is 0.375 e. The normalized spacial score (nSPS) is 11.6. The molecule has 0 unspecified atom stereocenters. The Labute approximate surface area is 197 Å². The van der Waals surface area contributed by atoms with Crippen molar-refractivity contribution in [3.8, 4) is 16.5 Å². The number of nitrogens with two attached hydrogens (primary N) is 1. The number of thiazole rings is 1. The highest BCUT2D eigenvalue weighted by Gasteiger charge is 2.43. The molecule has 2 aromatic heterocycles. The molecule has 2 heterocycles. The number of alkyl halides is 2. The summed E-state index contributed by atoms with van der Waals surface area (Å²) in [6.07, 6.45) is 1.04. The third kappa shape index (κ3) is 4.51. The van der Waals surface area contributed by atoms with Crippen LogP contribution >= 0.6 is 11.3 Å². The number of aromatic nitrogens is 4. The second-order valence-corrected chi connectivity index (χ2v) is 8.16. The van der Waals surface area contributed by atoms with Crippen molar-refractivity contribution in [2.75, 3.05) is 0 Å². The Kier molecular flexibility index (Phi) is 6.15. The fourth-order valence-electron chi connectivity index (χ4n) is 2.99. The molecule has 2 N–H and O–H groups in total. The molecule has 0 saturated carbocycles. The van der Waals surface area contributed by atoms with Gasteiger partial charge in [0.1, 0.15) is 18.0 Å². The van der Waals surface area contributed by atoms with Gasteiger partial charge in [-0.1, -0.05) is 17.4 Å². The van der Waals surface area contributed by atoms with Crippen LogP contribution < -0.4 is 16.2 Å². The van der Waals surface area contributed by atoms with Gasteiger partial charge in [0.25, 0.3) is 5.91 Å². The van der Waals surface area contributed by atoms with Gasteiger partial charge in [0.15, 0.2) is 16.6 Å². The molecule has 0 atom stereocenters. The van der Waals surface area contributed by atoms with Crippen LogP contribution in [0.5, 0.6) is 10.8 Å². The first kappa shape index (κ1) is 24.1. The van der Waals surface area contributed by atoms with Gasteiger partial charge >= 0.3 is 11.6 Å². The molecule has 2 aromatic carbocycles. The molecule has 35 heavy (non-hydrogen) atoms. The number of amides is 1. The molecule has 182 valence electrons. The molecule has 0 aliphatic rings. The number of benzene rings is 2. The second-order valence-electron chi connectivity index (χ2n) is 7.20. The summed E-state index contributed by atoms with van der Waals surface area (Å²) < 4.78 is 77.2. The van der Waals surface area contributed by atoms with Crippen LogP contribution in [-0.2, 0) is 17.3 Å². The lowest BCUT2D eigenvalue weighted by molar-refractivity contribution is -0.143. The first-order valence-electron chi connectivity index (χ1n) is 9.69. The van der Waals surface area contributed by atoms with Crippen LogP contribution in [0.25, 0.3) is 5.69 Å². The standard InChI is InChI=1S/C21H14F5N5O3S/c1-10-17(35-19(29-10)21(25,26)18(27)32)34-16-6-5-11(7-15(16)24)31-20(33)30(9-28-31)8-12-13(22)3-2-4-14(12)23/h2-7,9H,8H2,1H3,(H2,27,32). The predicted octanol–water partition coefficient (Wildman–Crippen LogP) is 3.63. The number of hydrogen-bond donors (Lipinski definition) is 1. The molecule has 0 aliphatic heterocycles. The van der Waals surface area contributed by atoms with Gasteiger partial charge in [0, 0.05) is 11.6 Å². The lowest BCUT2D eigenvalue weighted by atomic mass is 10.2. The Balaban J connectivity index is 1.59. The average Bonchev–Trinajstić information content (AvgIpc) is 3.35. The summed E-state index contributed by atoms with van der Waals surface area (Å²) in [5, 5.41) is 2.74. The maximum absolute atomic E-state index is 14.7. The Bertz CT molecular complexity index is 1480. The number of aryl methyl sites for hydroxylation is 1. The van der Waals surface area contributed by atoms with Crippen molar-refractivity contribution in [1.29, 1.82) is 0 Å². The monoisotopic (exact) mass is 511 g/mol. The van der Waals surface area contributed by atoms with Crippen molar-refractivity contribution in [2.24, 2.45) is 5.73 Å². The minimum atomic E-state index is -4.02. The quantitative estimate of drug-likeness (QED) is 0.382. The Morgan fingerprint density at radius 2 is 1.83 bits per heavy atom. The summed E-state index contributed by atoms with van der Waals surface area (Å²) in [4.78, 5) is 27.2. The number of hydrogen-bond acceptors (Lipinski definition) is 6. The summed E-state index contributed by atoms with van der Waals surface area (Å²) in [7, 11) is 0. The van der Waals surface area contributed by atoms with Gasteiger partial charge in [-0.05, 0) is 31.2 Å². The van der Waals surface area contributed by atoms with Crippen molar-refractivity contribution in [3.05, 3.63) is 86.9 Å². The first-order valence-corrected chi connectivity index (χ1v) is 10.5. The molecule has 14 heteroatoms. The zero-order chi connectivity index (χ0) is 25.5. The molecular weight excluding hydrogens is 497 g/mol. The minimum Gasteiger partial charge on any atom is -0.442 e. The number of carbonyl (C=O) groups is 1. The van der Waals surface area contributed by atoms with E-state index in [4.69, 9.17) is 4.74 Å². The highest BCUT2D eigenvalue weighted by atomic mass is 32.1. The second kappa shape index (κ2) is 8.94. The molecule has 0 radical (unpaired) electrons. The van der Waals surface area contributed by atoms with Crippen molar-refractivity contribution < 1.29 is 31.5 Å². The SMILES string of the molecule is Cc1nc(C(F)(F)C(N)=O)sc1Oc1ccc(-n2ncn(Cc3c(F)cccc3F)c2=O)cc1F. The predicted molar refractivity (Wildman–Crippen MR) is 113 cm³/mol. The number of nitrogens with zero attached hydrogens (tertiary/aromatic N) is 4. The van der Waals surface area contributed by atoms with Crippen LogP contribution in [0.4, 0.5) is 22.0 Å². The van der Waals surface area contributed by atoms with E-state index in [0.717, 1.165) is 39.8 Å². The zero-order valence-corrected chi connectivity index (χ0v) is 18.5. The van der Waals surface area contributed by atoms with E-state index in [0.29, 0.717) is 11.3 Å². The molecule has 1 amide bonds. The lowest BCUT2D eigenvalue weighted by Gasteiger charge is -2.08. The van der Waals surface area contributed by atoms with Crippen LogP contribution in [0.3, 0.4) is 0 Å². The molecule has 4 rings (SSSR count). The third-order valence-electron chi connectivity index (χ3n) is 4.82. The van der Waals surface area contributed by atoms with Crippen molar-refractivity contribution in [3.63, 3.8) is 0 Å². The highest BCUT2D eigenvalue weighted by Crippen LogP contribution is 2.39. The lowest BCUT2D eigenvalue weighted by Crippen LogP contribution is -2.32. The van der Waals surface area contributed by atoms with Crippen molar-refractivity contribution >= 4 is 17.2 Å². The average molecular weight is 511 g/mol. The van der Waals surface area contributed by atoms with Crippen molar-refractivity contribution in [1.82, 2.24) is 19.3 Å². The molecule has 0 saturated heterocycles. The van der Waals surface area contributed by atoms with E-state index in [1.807, 2.05) is 0 Å². The van der Waals surface area contributed by atoms with E-state index in [-0.39, 0.29) is 27.8 Å². The van der Waals surface area contributed by atoms with E-state index in [1.165, 1.54) is 19.1 Å². The van der Waals surface area contributed by atoms with Gasteiger partial charge in [0.2, 0.25) is 5.06 Å². The number of carbonyl (C=O) groups excluding carboxylic acids is 1. The molecule has 8 nitrogen and oxygen atoms in total. The molecule has 0 bridgehead atoms. The van der Waals surface area contributed by atoms with Gasteiger partial charge in [-0.3, -0.25) is 9.36 Å². The molecule has 0 spiro atoms. The Morgan fingerprint density at radius 1 is 1.14 bits per heavy atom. The third-order valence-corrected chi connectivity index (χ3v) is 5.92. The topological polar surface area (TPSA) is 105 Å². The van der Waals surface area contributed by atoms with E-state index < -0.39 is 46.5 Å². The Hall–Kier alpha value is -4.07. The summed E-state index contributed by atoms with van der Waals surface area (Å²) in [6, 6.07) is 6.56. The minimum absolute atomic E-state index is 0.0234. The summed E-state index contributed by atoms with van der Waals surface area (Å²) in [6.45, 7) is 0.882. The largest absolute Gasteiger partial charge is 0.442 e. The van der Waals surface area contributed by atoms with Gasteiger partial charge in [-0.15, -0.1) is 0 Å². The first-order chi connectivity index (χ1) is 16.5. The number of rotatable bonds is 7. The summed E-state index contributed by atoms with van der Waals surface area (Å²) in [5.74, 6) is -8.95. The fraction of sp³-hybridized carbons (Fsp3) is 0.143. The fourth-order valence-corrected chi connectivity index (χ4v) is 3.91. The number of ether oxygens (including phenoxy) is 1. The molecule has 4 aromatic rings. The summed E-state index contributed by atoms with van der Waals surface area (Å²) >= 11 is 0.325. The van der Waals surface area contributed by atoms with E-state index in [2.05, 4.69) is 15.8 Å². The van der Waals surface area contributed by atoms with E-state index in [1.54, 1.807) is 0 Å². The Morgan fingerprint density at radius 3 is 2.46 bits per heavy atom. The molecular formula is C21H14F5N5O3S. The molecule has 0 fully saturated rings. The smallest absolute Gasteiger partial charge is 0.375 e. The van der Waals surface area contributed by atoms with Crippen LogP contribution in [0.15, 0.2) is 47.5 Å². The maximum atomic E-state index is 14.7. The van der Waals surface area contributed by atoms with Gasteiger partial charge < -0.3 is 10.5 Å². The number of primary amides is 1. The van der Waals surface area contributed by atoms with Gasteiger partial charge in [-0.2, -0.15) is 18.6 Å². The van der Waals surface area contributed by atoms with Crippen molar-refractivity contribution in [2.45, 2.75) is 19.4 Å². The van der Waals surface area contributed by atoms with Gasteiger partial charge in [0.05, 0.1) is 17.9 Å². The zero-order valence-electron chi connectivity index (χ0n) is 17.6. The molecule has 0 aliphatic carbocycles. The summed E-state index contributed by atoms with van der Waals surface area (Å²) in [5.41, 5.74) is 3.49. The van der Waals surface area contributed by atoms with Gasteiger partial charge in [-0.25, -0.2) is 22.9 Å². The van der Waals surface area contributed by atoms with E-state index in [9.17, 15) is 31.5 Å². The van der Waals surface area contributed by atoms with Crippen LogP contribution in [0, 0.1) is 24.4 Å².